The summed E-state index contributed by atoms with van der Waals surface area (Å²) in [5.74, 6) is 0. The molecule has 1 saturated heterocycles. The Morgan fingerprint density at radius 3 is 2.94 bits per heavy atom. The molecule has 0 saturated carbocycles. The molecule has 0 aromatic carbocycles. The molecule has 5 nitrogen and oxygen atoms in total. The molecular weight excluding hydrogens is 250 g/mol. The second-order valence-corrected chi connectivity index (χ2v) is 4.72. The summed E-state index contributed by atoms with van der Waals surface area (Å²) in [4.78, 5) is 12.4. The SMILES string of the molecule is Cl.N[C@H]1CCN(Cc2csc([N+](=O)[O-])c2)C1. The third-order valence-corrected chi connectivity index (χ3v) is 3.46. The highest BCUT2D eigenvalue weighted by Crippen LogP contribution is 2.24. The first-order valence-corrected chi connectivity index (χ1v) is 5.73. The van der Waals surface area contributed by atoms with Crippen LogP contribution in [0.3, 0.4) is 0 Å². The first-order chi connectivity index (χ1) is 7.15. The maximum absolute atomic E-state index is 10.5. The number of nitro groups is 1. The van der Waals surface area contributed by atoms with Crippen LogP contribution in [0.5, 0.6) is 0 Å². The zero-order valence-electron chi connectivity index (χ0n) is 8.67. The number of likely N-dealkylation sites (tertiary alicyclic amines) is 1. The molecule has 0 radical (unpaired) electrons. The minimum absolute atomic E-state index is 0. The Bertz CT molecular complexity index is 371. The van der Waals surface area contributed by atoms with Gasteiger partial charge in [-0.15, -0.1) is 12.4 Å². The molecule has 16 heavy (non-hydrogen) atoms. The summed E-state index contributed by atoms with van der Waals surface area (Å²) in [5, 5.41) is 12.6. The molecule has 1 aliphatic rings. The van der Waals surface area contributed by atoms with Crippen LogP contribution >= 0.6 is 23.7 Å². The Labute approximate surface area is 104 Å². The van der Waals surface area contributed by atoms with Gasteiger partial charge in [0.15, 0.2) is 0 Å². The summed E-state index contributed by atoms with van der Waals surface area (Å²) in [5.41, 5.74) is 6.80. The molecule has 0 spiro atoms. The standard InChI is InChI=1S/C9H13N3O2S.ClH/c10-8-1-2-11(5-8)4-7-3-9(12(13)14)15-6-7;/h3,6,8H,1-2,4-5,10H2;1H/t8-;/m0./s1. The van der Waals surface area contributed by atoms with E-state index in [2.05, 4.69) is 4.90 Å². The quantitative estimate of drug-likeness (QED) is 0.664. The Morgan fingerprint density at radius 1 is 1.69 bits per heavy atom. The van der Waals surface area contributed by atoms with E-state index >= 15 is 0 Å². The normalized spacial score (nSPS) is 20.7. The third kappa shape index (κ3) is 3.15. The lowest BCUT2D eigenvalue weighted by atomic mass is 10.3. The molecule has 0 amide bonds. The predicted octanol–water partition coefficient (Wildman–Crippen LogP) is 1.61. The van der Waals surface area contributed by atoms with Crippen LogP contribution in [-0.4, -0.2) is 29.0 Å². The summed E-state index contributed by atoms with van der Waals surface area (Å²) >= 11 is 1.18. The zero-order chi connectivity index (χ0) is 10.8. The monoisotopic (exact) mass is 263 g/mol. The van der Waals surface area contributed by atoms with Crippen LogP contribution in [0.2, 0.25) is 0 Å². The van der Waals surface area contributed by atoms with Gasteiger partial charge in [0, 0.05) is 37.1 Å². The van der Waals surface area contributed by atoms with Crippen molar-refractivity contribution in [3.8, 4) is 0 Å². The molecular formula is C9H14ClN3O2S. The topological polar surface area (TPSA) is 72.4 Å². The van der Waals surface area contributed by atoms with E-state index in [4.69, 9.17) is 5.73 Å². The number of rotatable bonds is 3. The average molecular weight is 264 g/mol. The summed E-state index contributed by atoms with van der Waals surface area (Å²) < 4.78 is 0. The predicted molar refractivity (Wildman–Crippen MR) is 66.1 cm³/mol. The maximum atomic E-state index is 10.5. The number of nitrogens with zero attached hydrogens (tertiary/aromatic N) is 2. The summed E-state index contributed by atoms with van der Waals surface area (Å²) in [7, 11) is 0. The van der Waals surface area contributed by atoms with Crippen molar-refractivity contribution in [2.24, 2.45) is 5.73 Å². The molecule has 2 N–H and O–H groups in total. The first kappa shape index (κ1) is 13.4. The van der Waals surface area contributed by atoms with E-state index in [9.17, 15) is 10.1 Å². The van der Waals surface area contributed by atoms with Gasteiger partial charge in [0.1, 0.15) is 0 Å². The van der Waals surface area contributed by atoms with Crippen molar-refractivity contribution in [3.63, 3.8) is 0 Å². The van der Waals surface area contributed by atoms with Gasteiger partial charge in [-0.3, -0.25) is 15.0 Å². The first-order valence-electron chi connectivity index (χ1n) is 4.85. The van der Waals surface area contributed by atoms with E-state index in [-0.39, 0.29) is 28.4 Å². The van der Waals surface area contributed by atoms with Gasteiger partial charge < -0.3 is 5.73 Å². The lowest BCUT2D eigenvalue weighted by Gasteiger charge is -2.13. The van der Waals surface area contributed by atoms with Crippen LogP contribution in [0, 0.1) is 10.1 Å². The molecule has 7 heteroatoms. The number of hydrogen-bond acceptors (Lipinski definition) is 5. The van der Waals surface area contributed by atoms with Crippen LogP contribution in [0.25, 0.3) is 0 Å². The highest BCUT2D eigenvalue weighted by Gasteiger charge is 2.20. The third-order valence-electron chi connectivity index (χ3n) is 2.53. The van der Waals surface area contributed by atoms with Gasteiger partial charge in [-0.25, -0.2) is 0 Å². The van der Waals surface area contributed by atoms with Gasteiger partial charge in [0.25, 0.3) is 0 Å². The highest BCUT2D eigenvalue weighted by molar-refractivity contribution is 7.13. The van der Waals surface area contributed by atoms with Crippen molar-refractivity contribution in [3.05, 3.63) is 27.1 Å². The van der Waals surface area contributed by atoms with Gasteiger partial charge in [0.05, 0.1) is 4.92 Å². The molecule has 1 fully saturated rings. The van der Waals surface area contributed by atoms with Gasteiger partial charge in [0.2, 0.25) is 0 Å². The minimum Gasteiger partial charge on any atom is -0.326 e. The van der Waals surface area contributed by atoms with E-state index in [0.29, 0.717) is 0 Å². The fourth-order valence-electron chi connectivity index (χ4n) is 1.81. The molecule has 1 aromatic heterocycles. The number of nitrogens with two attached hydrogens (primary N) is 1. The van der Waals surface area contributed by atoms with Crippen LogP contribution < -0.4 is 5.73 Å². The Kier molecular flexibility index (Phi) is 4.67. The van der Waals surface area contributed by atoms with Crippen LogP contribution in [0.15, 0.2) is 11.4 Å². The molecule has 1 aliphatic heterocycles. The minimum atomic E-state index is -0.343. The molecule has 1 atom stereocenters. The van der Waals surface area contributed by atoms with Crippen molar-refractivity contribution in [2.75, 3.05) is 13.1 Å². The fourth-order valence-corrected chi connectivity index (χ4v) is 2.53. The van der Waals surface area contributed by atoms with E-state index in [1.807, 2.05) is 5.38 Å². The van der Waals surface area contributed by atoms with Crippen molar-refractivity contribution in [1.29, 1.82) is 0 Å². The van der Waals surface area contributed by atoms with Crippen LogP contribution in [-0.2, 0) is 6.54 Å². The maximum Gasteiger partial charge on any atom is 0.324 e. The molecule has 0 aliphatic carbocycles. The van der Waals surface area contributed by atoms with Crippen molar-refractivity contribution in [1.82, 2.24) is 4.90 Å². The molecule has 2 rings (SSSR count). The van der Waals surface area contributed by atoms with Gasteiger partial charge in [-0.05, 0) is 12.0 Å². The Balaban J connectivity index is 0.00000128. The van der Waals surface area contributed by atoms with Crippen molar-refractivity contribution < 1.29 is 4.92 Å². The molecule has 90 valence electrons. The lowest BCUT2D eigenvalue weighted by molar-refractivity contribution is -0.380. The summed E-state index contributed by atoms with van der Waals surface area (Å²) in [6.45, 7) is 2.66. The molecule has 0 bridgehead atoms. The van der Waals surface area contributed by atoms with Gasteiger partial charge in [-0.2, -0.15) is 0 Å². The largest absolute Gasteiger partial charge is 0.326 e. The van der Waals surface area contributed by atoms with E-state index < -0.39 is 0 Å². The Hall–Kier alpha value is -0.690. The van der Waals surface area contributed by atoms with E-state index in [0.717, 1.165) is 31.6 Å². The van der Waals surface area contributed by atoms with E-state index in [1.165, 1.54) is 11.3 Å². The second-order valence-electron chi connectivity index (χ2n) is 3.83. The Morgan fingerprint density at radius 2 is 2.44 bits per heavy atom. The lowest BCUT2D eigenvalue weighted by Crippen LogP contribution is -2.26. The summed E-state index contributed by atoms with van der Waals surface area (Å²) in [6.07, 6.45) is 1.02. The number of thiophene rings is 1. The molecule has 1 aromatic rings. The zero-order valence-corrected chi connectivity index (χ0v) is 10.3. The van der Waals surface area contributed by atoms with Gasteiger partial charge >= 0.3 is 5.00 Å². The summed E-state index contributed by atoms with van der Waals surface area (Å²) in [6, 6.07) is 1.91. The average Bonchev–Trinajstić information content (AvgIpc) is 2.76. The van der Waals surface area contributed by atoms with Crippen molar-refractivity contribution in [2.45, 2.75) is 19.0 Å². The van der Waals surface area contributed by atoms with E-state index in [1.54, 1.807) is 6.07 Å². The fraction of sp³-hybridized carbons (Fsp3) is 0.556. The molecule has 0 unspecified atom stereocenters. The van der Waals surface area contributed by atoms with Crippen molar-refractivity contribution >= 4 is 28.7 Å². The highest BCUT2D eigenvalue weighted by atomic mass is 35.5. The van der Waals surface area contributed by atoms with Gasteiger partial charge in [-0.1, -0.05) is 11.3 Å². The second kappa shape index (κ2) is 5.58. The number of halogens is 1. The molecule has 2 heterocycles. The van der Waals surface area contributed by atoms with Crippen LogP contribution in [0.4, 0.5) is 5.00 Å². The van der Waals surface area contributed by atoms with Crippen LogP contribution in [0.1, 0.15) is 12.0 Å². The smallest absolute Gasteiger partial charge is 0.324 e. The number of hydrogen-bond donors (Lipinski definition) is 1.